The summed E-state index contributed by atoms with van der Waals surface area (Å²) in [6.45, 7) is 6.86. The topological polar surface area (TPSA) is 76.0 Å². The van der Waals surface area contributed by atoms with E-state index in [9.17, 15) is 15.0 Å². The summed E-state index contributed by atoms with van der Waals surface area (Å²) in [5, 5.41) is 19.7. The predicted molar refractivity (Wildman–Crippen MR) is 120 cm³/mol. The molecule has 3 rings (SSSR count). The van der Waals surface area contributed by atoms with Crippen molar-refractivity contribution in [2.45, 2.75) is 32.6 Å². The predicted octanol–water partition coefficient (Wildman–Crippen LogP) is 5.44. The number of hydrogen-bond acceptors (Lipinski definition) is 4. The van der Waals surface area contributed by atoms with Gasteiger partial charge in [-0.2, -0.15) is 0 Å². The molecule has 0 atom stereocenters. The highest BCUT2D eigenvalue weighted by atomic mass is 16.5. The minimum atomic E-state index is -1.15. The molecule has 0 aliphatic rings. The van der Waals surface area contributed by atoms with E-state index in [0.717, 1.165) is 17.7 Å². The smallest absolute Gasteiger partial charge is 0.339 e. The summed E-state index contributed by atoms with van der Waals surface area (Å²) >= 11 is 0. The average Bonchev–Trinajstić information content (AvgIpc) is 2.77. The fourth-order valence-corrected chi connectivity index (χ4v) is 3.48. The van der Waals surface area contributed by atoms with Gasteiger partial charge in [0, 0.05) is 11.0 Å². The number of aryl methyl sites for hydroxylation is 1. The van der Waals surface area contributed by atoms with Crippen molar-refractivity contribution in [3.63, 3.8) is 0 Å². The molecule has 0 saturated carbocycles. The summed E-state index contributed by atoms with van der Waals surface area (Å²) in [5.41, 5.74) is 2.08. The highest BCUT2D eigenvalue weighted by molar-refractivity contribution is 5.91. The number of phenols is 1. The molecule has 3 aromatic carbocycles. The summed E-state index contributed by atoms with van der Waals surface area (Å²) in [4.78, 5) is 11.3. The summed E-state index contributed by atoms with van der Waals surface area (Å²) in [7, 11) is 0. The Morgan fingerprint density at radius 3 is 1.94 bits per heavy atom. The highest BCUT2D eigenvalue weighted by Crippen LogP contribution is 2.38. The summed E-state index contributed by atoms with van der Waals surface area (Å²) in [5.74, 6) is 0.182. The molecular weight excluding hydrogens is 392 g/mol. The normalized spacial score (nSPS) is 11.2. The van der Waals surface area contributed by atoms with Gasteiger partial charge in [-0.3, -0.25) is 0 Å². The number of carbonyl (C=O) groups is 1. The summed E-state index contributed by atoms with van der Waals surface area (Å²) < 4.78 is 11.5. The van der Waals surface area contributed by atoms with Crippen LogP contribution in [0.15, 0.2) is 66.7 Å². The lowest BCUT2D eigenvalue weighted by molar-refractivity contribution is 0.0693. The van der Waals surface area contributed by atoms with Crippen LogP contribution in [0.4, 0.5) is 0 Å². The van der Waals surface area contributed by atoms with Crippen molar-refractivity contribution in [2.75, 3.05) is 13.2 Å². The minimum absolute atomic E-state index is 0.102. The molecule has 0 amide bonds. The third-order valence-electron chi connectivity index (χ3n) is 5.47. The number of hydrogen-bond donors (Lipinski definition) is 2. The van der Waals surface area contributed by atoms with Crippen LogP contribution in [-0.4, -0.2) is 29.4 Å². The maximum absolute atomic E-state index is 11.3. The van der Waals surface area contributed by atoms with Gasteiger partial charge in [0.15, 0.2) is 0 Å². The largest absolute Gasteiger partial charge is 0.507 e. The van der Waals surface area contributed by atoms with Crippen LogP contribution in [0.2, 0.25) is 0 Å². The SMILES string of the molecule is CCc1ccc(OCCOc2ccc(C(C)(C)c3cccc(C(=O)O)c3O)cc2)cc1. The molecule has 0 radical (unpaired) electrons. The van der Waals surface area contributed by atoms with Gasteiger partial charge >= 0.3 is 5.97 Å². The molecule has 2 N–H and O–H groups in total. The Balaban J connectivity index is 1.61. The molecule has 0 spiro atoms. The van der Waals surface area contributed by atoms with Crippen LogP contribution in [0.5, 0.6) is 17.2 Å². The highest BCUT2D eigenvalue weighted by Gasteiger charge is 2.28. The fourth-order valence-electron chi connectivity index (χ4n) is 3.48. The van der Waals surface area contributed by atoms with Crippen LogP contribution in [0.1, 0.15) is 47.8 Å². The quantitative estimate of drug-likeness (QED) is 0.451. The van der Waals surface area contributed by atoms with E-state index in [1.807, 2.05) is 50.2 Å². The standard InChI is InChI=1S/C26H28O5/c1-4-18-8-12-20(13-9-18)30-16-17-31-21-14-10-19(11-15-21)26(2,3)23-7-5-6-22(24(23)27)25(28)29/h5-15,27H,4,16-17H2,1-3H3,(H,28,29). The first kappa shape index (κ1) is 22.2. The molecule has 0 fully saturated rings. The lowest BCUT2D eigenvalue weighted by Gasteiger charge is -2.27. The number of carboxylic acid groups (broad SMARTS) is 1. The van der Waals surface area contributed by atoms with Gasteiger partial charge in [-0.15, -0.1) is 0 Å². The Labute approximate surface area is 182 Å². The number of para-hydroxylation sites is 1. The van der Waals surface area contributed by atoms with Crippen molar-refractivity contribution in [3.05, 3.63) is 89.0 Å². The Hall–Kier alpha value is -3.47. The summed E-state index contributed by atoms with van der Waals surface area (Å²) in [6.07, 6.45) is 1.00. The van der Waals surface area contributed by atoms with Gasteiger partial charge in [0.25, 0.3) is 0 Å². The Kier molecular flexibility index (Phi) is 6.85. The zero-order chi connectivity index (χ0) is 22.4. The van der Waals surface area contributed by atoms with Crippen molar-refractivity contribution < 1.29 is 24.5 Å². The maximum Gasteiger partial charge on any atom is 0.339 e. The van der Waals surface area contributed by atoms with Gasteiger partial charge in [-0.1, -0.05) is 57.2 Å². The zero-order valence-corrected chi connectivity index (χ0v) is 18.1. The van der Waals surface area contributed by atoms with E-state index in [1.54, 1.807) is 12.1 Å². The van der Waals surface area contributed by atoms with Crippen LogP contribution in [0.25, 0.3) is 0 Å². The third kappa shape index (κ3) is 5.18. The van der Waals surface area contributed by atoms with Crippen LogP contribution in [-0.2, 0) is 11.8 Å². The van der Waals surface area contributed by atoms with E-state index in [-0.39, 0.29) is 11.3 Å². The van der Waals surface area contributed by atoms with Crippen molar-refractivity contribution in [3.8, 4) is 17.2 Å². The number of rotatable bonds is 9. The molecule has 0 aromatic heterocycles. The van der Waals surface area contributed by atoms with Crippen LogP contribution >= 0.6 is 0 Å². The molecule has 162 valence electrons. The van der Waals surface area contributed by atoms with Crippen molar-refractivity contribution >= 4 is 5.97 Å². The second-order valence-corrected chi connectivity index (χ2v) is 7.85. The fraction of sp³-hybridized carbons (Fsp3) is 0.269. The number of ether oxygens (including phenoxy) is 2. The monoisotopic (exact) mass is 420 g/mol. The number of aromatic hydroxyl groups is 1. The maximum atomic E-state index is 11.3. The van der Waals surface area contributed by atoms with Gasteiger partial charge in [0.1, 0.15) is 36.0 Å². The van der Waals surface area contributed by atoms with E-state index in [1.165, 1.54) is 11.6 Å². The van der Waals surface area contributed by atoms with Gasteiger partial charge in [-0.05, 0) is 47.9 Å². The van der Waals surface area contributed by atoms with Crippen molar-refractivity contribution in [1.29, 1.82) is 0 Å². The molecule has 5 nitrogen and oxygen atoms in total. The summed E-state index contributed by atoms with van der Waals surface area (Å²) in [6, 6.07) is 20.4. The lowest BCUT2D eigenvalue weighted by atomic mass is 9.77. The van der Waals surface area contributed by atoms with E-state index >= 15 is 0 Å². The van der Waals surface area contributed by atoms with Crippen LogP contribution < -0.4 is 9.47 Å². The number of aromatic carboxylic acids is 1. The average molecular weight is 421 g/mol. The molecule has 0 aliphatic carbocycles. The van der Waals surface area contributed by atoms with Gasteiger partial charge in [0.2, 0.25) is 0 Å². The van der Waals surface area contributed by atoms with Gasteiger partial charge < -0.3 is 19.7 Å². The molecule has 31 heavy (non-hydrogen) atoms. The number of carboxylic acids is 1. The number of benzene rings is 3. The molecule has 3 aromatic rings. The molecule has 0 bridgehead atoms. The molecule has 0 saturated heterocycles. The zero-order valence-electron chi connectivity index (χ0n) is 18.1. The van der Waals surface area contributed by atoms with E-state index in [2.05, 4.69) is 19.1 Å². The second kappa shape index (κ2) is 9.56. The lowest BCUT2D eigenvalue weighted by Crippen LogP contribution is -2.20. The third-order valence-corrected chi connectivity index (χ3v) is 5.47. The van der Waals surface area contributed by atoms with Gasteiger partial charge in [0.05, 0.1) is 0 Å². The first-order chi connectivity index (χ1) is 14.8. The van der Waals surface area contributed by atoms with E-state index < -0.39 is 11.4 Å². The van der Waals surface area contributed by atoms with Gasteiger partial charge in [-0.25, -0.2) is 4.79 Å². The Morgan fingerprint density at radius 1 is 0.871 bits per heavy atom. The second-order valence-electron chi connectivity index (χ2n) is 7.85. The van der Waals surface area contributed by atoms with Crippen LogP contribution in [0, 0.1) is 0 Å². The minimum Gasteiger partial charge on any atom is -0.507 e. The molecule has 5 heteroatoms. The Bertz CT molecular complexity index is 1020. The molecule has 0 unspecified atom stereocenters. The van der Waals surface area contributed by atoms with E-state index in [0.29, 0.717) is 24.5 Å². The Morgan fingerprint density at radius 2 is 1.42 bits per heavy atom. The molecular formula is C26H28O5. The van der Waals surface area contributed by atoms with E-state index in [4.69, 9.17) is 9.47 Å². The molecule has 0 aliphatic heterocycles. The van der Waals surface area contributed by atoms with Crippen molar-refractivity contribution in [2.24, 2.45) is 0 Å². The molecule has 0 heterocycles. The van der Waals surface area contributed by atoms with Crippen LogP contribution in [0.3, 0.4) is 0 Å². The first-order valence-corrected chi connectivity index (χ1v) is 10.3. The van der Waals surface area contributed by atoms with Crippen molar-refractivity contribution in [1.82, 2.24) is 0 Å². The first-order valence-electron chi connectivity index (χ1n) is 10.3.